The van der Waals surface area contributed by atoms with Gasteiger partial charge in [-0.05, 0) is 42.3 Å². The lowest BCUT2D eigenvalue weighted by Crippen LogP contribution is -2.23. The van der Waals surface area contributed by atoms with Gasteiger partial charge in [0.25, 0.3) is 0 Å². The van der Waals surface area contributed by atoms with Gasteiger partial charge in [-0.2, -0.15) is 0 Å². The van der Waals surface area contributed by atoms with Gasteiger partial charge in [0, 0.05) is 6.07 Å². The highest BCUT2D eigenvalue weighted by Crippen LogP contribution is 2.64. The molecule has 0 spiro atoms. The fourth-order valence-corrected chi connectivity index (χ4v) is 2.60. The summed E-state index contributed by atoms with van der Waals surface area (Å²) in [5.74, 6) is 0.332. The number of rotatable bonds is 5. The molecule has 17 heavy (non-hydrogen) atoms. The average molecular weight is 237 g/mol. The summed E-state index contributed by atoms with van der Waals surface area (Å²) in [4.78, 5) is 0. The maximum absolute atomic E-state index is 12.9. The molecule has 1 aromatic carbocycles. The van der Waals surface area contributed by atoms with E-state index in [1.807, 2.05) is 0 Å². The highest BCUT2D eigenvalue weighted by atomic mass is 19.1. The van der Waals surface area contributed by atoms with Crippen LogP contribution in [0.25, 0.3) is 0 Å². The summed E-state index contributed by atoms with van der Waals surface area (Å²) in [6, 6.07) is 6.26. The molecule has 0 aliphatic heterocycles. The summed E-state index contributed by atoms with van der Waals surface area (Å²) >= 11 is 0. The van der Waals surface area contributed by atoms with E-state index in [4.69, 9.17) is 10.5 Å². The number of halogens is 1. The third-order valence-corrected chi connectivity index (χ3v) is 4.13. The molecule has 0 bridgehead atoms. The minimum Gasteiger partial charge on any atom is -0.493 e. The van der Waals surface area contributed by atoms with Crippen molar-refractivity contribution in [2.24, 2.45) is 16.6 Å². The Hall–Kier alpha value is -1.09. The van der Waals surface area contributed by atoms with Crippen LogP contribution in [0.1, 0.15) is 26.7 Å². The fraction of sp³-hybridized carbons (Fsp3) is 0.571. The van der Waals surface area contributed by atoms with Gasteiger partial charge in [-0.3, -0.25) is 0 Å². The molecule has 1 aliphatic carbocycles. The Labute approximate surface area is 102 Å². The number of benzene rings is 1. The van der Waals surface area contributed by atoms with Gasteiger partial charge in [-0.15, -0.1) is 0 Å². The third kappa shape index (κ3) is 2.44. The van der Waals surface area contributed by atoms with Crippen LogP contribution in [0.3, 0.4) is 0 Å². The first-order valence-corrected chi connectivity index (χ1v) is 6.08. The molecule has 0 aromatic heterocycles. The first-order valence-electron chi connectivity index (χ1n) is 6.08. The largest absolute Gasteiger partial charge is 0.493 e. The second-order valence-electron chi connectivity index (χ2n) is 5.60. The lowest BCUT2D eigenvalue weighted by molar-refractivity contribution is 0.246. The summed E-state index contributed by atoms with van der Waals surface area (Å²) in [5.41, 5.74) is 6.38. The first kappa shape index (κ1) is 12.4. The van der Waals surface area contributed by atoms with Crippen LogP contribution >= 0.6 is 0 Å². The molecule has 1 aliphatic rings. The Bertz CT molecular complexity index is 405. The average Bonchev–Trinajstić information content (AvgIpc) is 2.81. The third-order valence-electron chi connectivity index (χ3n) is 4.13. The Morgan fingerprint density at radius 2 is 2.12 bits per heavy atom. The summed E-state index contributed by atoms with van der Waals surface area (Å²) in [6.07, 6.45) is 2.09. The molecule has 0 amide bonds. The molecular formula is C14H20FNO. The van der Waals surface area contributed by atoms with Crippen LogP contribution in [-0.4, -0.2) is 13.2 Å². The zero-order valence-electron chi connectivity index (χ0n) is 10.5. The molecule has 94 valence electrons. The van der Waals surface area contributed by atoms with Crippen LogP contribution in [0, 0.1) is 16.6 Å². The number of nitrogens with two attached hydrogens (primary N) is 1. The lowest BCUT2D eigenvalue weighted by Gasteiger charge is -2.18. The van der Waals surface area contributed by atoms with Crippen molar-refractivity contribution < 1.29 is 9.13 Å². The van der Waals surface area contributed by atoms with Crippen LogP contribution in [-0.2, 0) is 0 Å². The van der Waals surface area contributed by atoms with Crippen molar-refractivity contribution in [2.45, 2.75) is 26.7 Å². The summed E-state index contributed by atoms with van der Waals surface area (Å²) in [7, 11) is 0. The van der Waals surface area contributed by atoms with Crippen LogP contribution in [0.5, 0.6) is 5.75 Å². The fourth-order valence-electron chi connectivity index (χ4n) is 2.60. The lowest BCUT2D eigenvalue weighted by atomic mass is 9.93. The van der Waals surface area contributed by atoms with Crippen molar-refractivity contribution in [3.63, 3.8) is 0 Å². The number of ether oxygens (including phenoxy) is 1. The van der Waals surface area contributed by atoms with Gasteiger partial charge in [0.15, 0.2) is 0 Å². The van der Waals surface area contributed by atoms with Gasteiger partial charge in [-0.25, -0.2) is 4.39 Å². The van der Waals surface area contributed by atoms with Gasteiger partial charge in [0.2, 0.25) is 0 Å². The molecule has 2 N–H and O–H groups in total. The van der Waals surface area contributed by atoms with E-state index in [9.17, 15) is 4.39 Å². The van der Waals surface area contributed by atoms with Gasteiger partial charge in [0.05, 0.1) is 6.61 Å². The van der Waals surface area contributed by atoms with E-state index < -0.39 is 0 Å². The standard InChI is InChI=1S/C14H20FNO/c1-13(2)9-14(13,10-16)6-7-17-12-5-3-4-11(15)8-12/h3-5,8H,6-7,9-10,16H2,1-2H3. The second-order valence-corrected chi connectivity index (χ2v) is 5.60. The minimum atomic E-state index is -0.261. The minimum absolute atomic E-state index is 0.223. The zero-order valence-corrected chi connectivity index (χ0v) is 10.5. The van der Waals surface area contributed by atoms with E-state index in [-0.39, 0.29) is 11.2 Å². The summed E-state index contributed by atoms with van der Waals surface area (Å²) < 4.78 is 18.5. The number of hydrogen-bond acceptors (Lipinski definition) is 2. The molecule has 1 unspecified atom stereocenters. The number of hydrogen-bond donors (Lipinski definition) is 1. The molecule has 0 heterocycles. The summed E-state index contributed by atoms with van der Waals surface area (Å²) in [5, 5.41) is 0. The maximum atomic E-state index is 12.9. The van der Waals surface area contributed by atoms with E-state index >= 15 is 0 Å². The highest BCUT2D eigenvalue weighted by molar-refractivity contribution is 5.22. The smallest absolute Gasteiger partial charge is 0.126 e. The molecule has 2 nitrogen and oxygen atoms in total. The molecule has 0 radical (unpaired) electrons. The second kappa shape index (κ2) is 4.30. The van der Waals surface area contributed by atoms with E-state index in [1.54, 1.807) is 12.1 Å². The molecule has 1 aromatic rings. The van der Waals surface area contributed by atoms with Crippen molar-refractivity contribution in [1.82, 2.24) is 0 Å². The van der Waals surface area contributed by atoms with Crippen LogP contribution in [0.2, 0.25) is 0 Å². The molecule has 3 heteroatoms. The van der Waals surface area contributed by atoms with Crippen LogP contribution in [0.4, 0.5) is 4.39 Å². The van der Waals surface area contributed by atoms with Gasteiger partial charge >= 0.3 is 0 Å². The highest BCUT2D eigenvalue weighted by Gasteiger charge is 2.59. The normalized spacial score (nSPS) is 25.6. The van der Waals surface area contributed by atoms with E-state index in [2.05, 4.69) is 13.8 Å². The SMILES string of the molecule is CC1(C)CC1(CN)CCOc1cccc(F)c1. The first-order chi connectivity index (χ1) is 7.99. The monoisotopic (exact) mass is 237 g/mol. The van der Waals surface area contributed by atoms with Crippen LogP contribution in [0.15, 0.2) is 24.3 Å². The zero-order chi connectivity index (χ0) is 12.5. The van der Waals surface area contributed by atoms with Gasteiger partial charge in [-0.1, -0.05) is 19.9 Å². The van der Waals surface area contributed by atoms with Crippen molar-refractivity contribution in [3.05, 3.63) is 30.1 Å². The molecule has 2 rings (SSSR count). The molecule has 0 saturated heterocycles. The Kier molecular flexibility index (Phi) is 3.13. The molecular weight excluding hydrogens is 217 g/mol. The quantitative estimate of drug-likeness (QED) is 0.854. The van der Waals surface area contributed by atoms with Gasteiger partial charge < -0.3 is 10.5 Å². The molecule has 1 fully saturated rings. The van der Waals surface area contributed by atoms with Crippen molar-refractivity contribution in [2.75, 3.05) is 13.2 Å². The van der Waals surface area contributed by atoms with Crippen molar-refractivity contribution in [1.29, 1.82) is 0 Å². The molecule has 1 saturated carbocycles. The summed E-state index contributed by atoms with van der Waals surface area (Å²) in [6.45, 7) is 5.78. The Morgan fingerprint density at radius 3 is 2.65 bits per heavy atom. The maximum Gasteiger partial charge on any atom is 0.126 e. The molecule has 1 atom stereocenters. The van der Waals surface area contributed by atoms with E-state index in [0.717, 1.165) is 12.8 Å². The van der Waals surface area contributed by atoms with E-state index in [1.165, 1.54) is 12.1 Å². The van der Waals surface area contributed by atoms with Crippen molar-refractivity contribution in [3.8, 4) is 5.75 Å². The Morgan fingerprint density at radius 1 is 1.41 bits per heavy atom. The van der Waals surface area contributed by atoms with Crippen molar-refractivity contribution >= 4 is 0 Å². The predicted octanol–water partition coefficient (Wildman–Crippen LogP) is 2.97. The Balaban J connectivity index is 1.84. The topological polar surface area (TPSA) is 35.2 Å². The van der Waals surface area contributed by atoms with E-state index in [0.29, 0.717) is 24.3 Å². The van der Waals surface area contributed by atoms with Crippen LogP contribution < -0.4 is 10.5 Å². The van der Waals surface area contributed by atoms with Gasteiger partial charge in [0.1, 0.15) is 11.6 Å². The predicted molar refractivity (Wildman–Crippen MR) is 66.4 cm³/mol.